The number of nitrogens with zero attached hydrogens (tertiary/aromatic N) is 1. The molecule has 0 aromatic carbocycles. The molecule has 1 aliphatic heterocycles. The summed E-state index contributed by atoms with van der Waals surface area (Å²) in [4.78, 5) is 35.8. The van der Waals surface area contributed by atoms with Crippen molar-refractivity contribution >= 4 is 17.6 Å². The molecule has 1 rings (SSSR count). The Hall–Kier alpha value is -1.19. The van der Waals surface area contributed by atoms with E-state index < -0.39 is 0 Å². The van der Waals surface area contributed by atoms with Crippen LogP contribution < -0.4 is 0 Å². The van der Waals surface area contributed by atoms with E-state index in [2.05, 4.69) is 0 Å². The largest absolute Gasteiger partial charge is 0.300 e. The zero-order valence-corrected chi connectivity index (χ0v) is 9.99. The minimum Gasteiger partial charge on any atom is -0.300 e. The standard InChI is InChI=1S/C12H19NO3/c1-3-5-10(14)6-7-13-11(15)8-9(4-2)12(13)16/h9H,3-8H2,1-2H3. The average molecular weight is 225 g/mol. The molecule has 90 valence electrons. The molecule has 0 bridgehead atoms. The third-order valence-electron chi connectivity index (χ3n) is 2.97. The number of ketones is 1. The van der Waals surface area contributed by atoms with Gasteiger partial charge in [0.25, 0.3) is 0 Å². The van der Waals surface area contributed by atoms with Crippen LogP contribution in [0.15, 0.2) is 0 Å². The van der Waals surface area contributed by atoms with Gasteiger partial charge in [0.05, 0.1) is 0 Å². The summed E-state index contributed by atoms with van der Waals surface area (Å²) in [6.45, 7) is 4.12. The van der Waals surface area contributed by atoms with E-state index in [0.29, 0.717) is 25.7 Å². The molecular formula is C12H19NO3. The van der Waals surface area contributed by atoms with Gasteiger partial charge in [0.15, 0.2) is 0 Å². The number of Topliss-reactive ketones (excluding diaryl/α,β-unsaturated/α-hetero) is 1. The molecule has 4 nitrogen and oxygen atoms in total. The number of likely N-dealkylation sites (tertiary alicyclic amines) is 1. The zero-order chi connectivity index (χ0) is 12.1. The van der Waals surface area contributed by atoms with Gasteiger partial charge in [-0.1, -0.05) is 13.8 Å². The molecule has 0 radical (unpaired) electrons. The smallest absolute Gasteiger partial charge is 0.232 e. The van der Waals surface area contributed by atoms with E-state index in [1.807, 2.05) is 13.8 Å². The number of carbonyl (C=O) groups is 3. The van der Waals surface area contributed by atoms with Gasteiger partial charge in [0.2, 0.25) is 11.8 Å². The number of rotatable bonds is 6. The third-order valence-corrected chi connectivity index (χ3v) is 2.97. The van der Waals surface area contributed by atoms with Crippen LogP contribution in [0.5, 0.6) is 0 Å². The molecule has 0 N–H and O–H groups in total. The van der Waals surface area contributed by atoms with Crippen molar-refractivity contribution in [3.63, 3.8) is 0 Å². The molecule has 2 amide bonds. The number of imide groups is 1. The minimum atomic E-state index is -0.159. The van der Waals surface area contributed by atoms with Crippen molar-refractivity contribution in [2.24, 2.45) is 5.92 Å². The molecular weight excluding hydrogens is 206 g/mol. The quantitative estimate of drug-likeness (QED) is 0.644. The second-order valence-corrected chi connectivity index (χ2v) is 4.23. The van der Waals surface area contributed by atoms with Gasteiger partial charge in [-0.05, 0) is 12.8 Å². The molecule has 1 aliphatic rings. The van der Waals surface area contributed by atoms with Crippen molar-refractivity contribution in [1.82, 2.24) is 4.90 Å². The van der Waals surface area contributed by atoms with Gasteiger partial charge >= 0.3 is 0 Å². The van der Waals surface area contributed by atoms with Crippen LogP contribution in [-0.2, 0) is 14.4 Å². The summed E-state index contributed by atoms with van der Waals surface area (Å²) in [6.07, 6.45) is 2.68. The molecule has 1 saturated heterocycles. The van der Waals surface area contributed by atoms with Crippen LogP contribution in [0.4, 0.5) is 0 Å². The Bertz CT molecular complexity index is 299. The Morgan fingerprint density at radius 3 is 2.50 bits per heavy atom. The first-order chi connectivity index (χ1) is 7.60. The SMILES string of the molecule is CCCC(=O)CCN1C(=O)CC(CC)C1=O. The van der Waals surface area contributed by atoms with Gasteiger partial charge in [0.1, 0.15) is 5.78 Å². The molecule has 1 atom stereocenters. The number of hydrogen-bond acceptors (Lipinski definition) is 3. The monoisotopic (exact) mass is 225 g/mol. The van der Waals surface area contributed by atoms with Crippen LogP contribution in [0.2, 0.25) is 0 Å². The molecule has 0 aromatic heterocycles. The van der Waals surface area contributed by atoms with E-state index in [-0.39, 0.29) is 30.1 Å². The van der Waals surface area contributed by atoms with Gasteiger partial charge < -0.3 is 0 Å². The van der Waals surface area contributed by atoms with Crippen molar-refractivity contribution in [3.05, 3.63) is 0 Å². The highest BCUT2D eigenvalue weighted by molar-refractivity contribution is 6.03. The second-order valence-electron chi connectivity index (χ2n) is 4.23. The van der Waals surface area contributed by atoms with Gasteiger partial charge in [-0.3, -0.25) is 19.3 Å². The summed E-state index contributed by atoms with van der Waals surface area (Å²) in [5, 5.41) is 0. The topological polar surface area (TPSA) is 54.5 Å². The highest BCUT2D eigenvalue weighted by atomic mass is 16.2. The third kappa shape index (κ3) is 2.90. The lowest BCUT2D eigenvalue weighted by atomic mass is 10.1. The van der Waals surface area contributed by atoms with E-state index in [0.717, 1.165) is 6.42 Å². The minimum absolute atomic E-state index is 0.100. The Labute approximate surface area is 96.0 Å². The first kappa shape index (κ1) is 12.9. The summed E-state index contributed by atoms with van der Waals surface area (Å²) in [5.74, 6) is -0.255. The fourth-order valence-corrected chi connectivity index (χ4v) is 1.95. The van der Waals surface area contributed by atoms with Crippen molar-refractivity contribution in [3.8, 4) is 0 Å². The lowest BCUT2D eigenvalue weighted by molar-refractivity contribution is -0.139. The van der Waals surface area contributed by atoms with Crippen LogP contribution in [0.3, 0.4) is 0 Å². The summed E-state index contributed by atoms with van der Waals surface area (Å²) >= 11 is 0. The first-order valence-electron chi connectivity index (χ1n) is 5.96. The van der Waals surface area contributed by atoms with Crippen molar-refractivity contribution in [2.45, 2.75) is 46.0 Å². The predicted molar refractivity (Wildman–Crippen MR) is 59.7 cm³/mol. The second kappa shape index (κ2) is 5.77. The zero-order valence-electron chi connectivity index (χ0n) is 9.99. The Morgan fingerprint density at radius 2 is 2.00 bits per heavy atom. The first-order valence-corrected chi connectivity index (χ1v) is 5.96. The number of hydrogen-bond donors (Lipinski definition) is 0. The maximum Gasteiger partial charge on any atom is 0.232 e. The van der Waals surface area contributed by atoms with Crippen LogP contribution in [-0.4, -0.2) is 29.0 Å². The summed E-state index contributed by atoms with van der Waals surface area (Å²) in [6, 6.07) is 0. The molecule has 1 fully saturated rings. The van der Waals surface area contributed by atoms with Crippen molar-refractivity contribution in [1.29, 1.82) is 0 Å². The average Bonchev–Trinajstić information content (AvgIpc) is 2.52. The molecule has 16 heavy (non-hydrogen) atoms. The van der Waals surface area contributed by atoms with E-state index in [9.17, 15) is 14.4 Å². The Morgan fingerprint density at radius 1 is 1.31 bits per heavy atom. The van der Waals surface area contributed by atoms with E-state index in [1.165, 1.54) is 4.90 Å². The van der Waals surface area contributed by atoms with Gasteiger partial charge in [-0.25, -0.2) is 0 Å². The predicted octanol–water partition coefficient (Wildman–Crippen LogP) is 1.53. The van der Waals surface area contributed by atoms with Crippen LogP contribution in [0, 0.1) is 5.92 Å². The van der Waals surface area contributed by atoms with Gasteiger partial charge in [0, 0.05) is 31.7 Å². The molecule has 1 heterocycles. The summed E-state index contributed by atoms with van der Waals surface area (Å²) < 4.78 is 0. The number of carbonyl (C=O) groups excluding carboxylic acids is 3. The fraction of sp³-hybridized carbons (Fsp3) is 0.750. The van der Waals surface area contributed by atoms with Gasteiger partial charge in [-0.15, -0.1) is 0 Å². The van der Waals surface area contributed by atoms with E-state index >= 15 is 0 Å². The number of amides is 2. The molecule has 0 aromatic rings. The maximum atomic E-state index is 11.7. The molecule has 1 unspecified atom stereocenters. The molecule has 0 saturated carbocycles. The van der Waals surface area contributed by atoms with Gasteiger partial charge in [-0.2, -0.15) is 0 Å². The van der Waals surface area contributed by atoms with Crippen LogP contribution in [0.25, 0.3) is 0 Å². The molecule has 0 aliphatic carbocycles. The highest BCUT2D eigenvalue weighted by Gasteiger charge is 2.36. The lowest BCUT2D eigenvalue weighted by Crippen LogP contribution is -2.32. The maximum absolute atomic E-state index is 11.7. The van der Waals surface area contributed by atoms with E-state index in [4.69, 9.17) is 0 Å². The molecule has 0 spiro atoms. The lowest BCUT2D eigenvalue weighted by Gasteiger charge is -2.13. The van der Waals surface area contributed by atoms with Crippen LogP contribution in [0.1, 0.15) is 46.0 Å². The normalized spacial score (nSPS) is 20.6. The summed E-state index contributed by atoms with van der Waals surface area (Å²) in [7, 11) is 0. The highest BCUT2D eigenvalue weighted by Crippen LogP contribution is 2.22. The summed E-state index contributed by atoms with van der Waals surface area (Å²) in [5.41, 5.74) is 0. The Kier molecular flexibility index (Phi) is 4.65. The van der Waals surface area contributed by atoms with Crippen molar-refractivity contribution < 1.29 is 14.4 Å². The van der Waals surface area contributed by atoms with E-state index in [1.54, 1.807) is 0 Å². The van der Waals surface area contributed by atoms with Crippen LogP contribution >= 0.6 is 0 Å². The Balaban J connectivity index is 2.45. The fourth-order valence-electron chi connectivity index (χ4n) is 1.95. The molecule has 4 heteroatoms. The van der Waals surface area contributed by atoms with Crippen molar-refractivity contribution in [2.75, 3.05) is 6.54 Å².